The number of rotatable bonds is 5. The zero-order valence-electron chi connectivity index (χ0n) is 9.76. The van der Waals surface area contributed by atoms with Crippen molar-refractivity contribution < 1.29 is 4.79 Å². The van der Waals surface area contributed by atoms with Crippen molar-refractivity contribution in [3.05, 3.63) is 21.9 Å². The molecule has 2 N–H and O–H groups in total. The SMILES string of the molecule is CCNCC(C)C(=O)Nc1cnc(Cl)c(Br)c1. The highest BCUT2D eigenvalue weighted by atomic mass is 79.9. The fourth-order valence-electron chi connectivity index (χ4n) is 1.21. The standard InChI is InChI=1S/C11H15BrClN3O/c1-3-14-5-7(2)11(17)16-8-4-9(12)10(13)15-6-8/h4,6-7,14H,3,5H2,1-2H3,(H,16,17). The molecule has 1 amide bonds. The second-order valence-electron chi connectivity index (χ2n) is 3.69. The van der Waals surface area contributed by atoms with Crippen LogP contribution in [0.1, 0.15) is 13.8 Å². The molecule has 17 heavy (non-hydrogen) atoms. The lowest BCUT2D eigenvalue weighted by molar-refractivity contribution is -0.119. The van der Waals surface area contributed by atoms with Crippen LogP contribution in [0.5, 0.6) is 0 Å². The lowest BCUT2D eigenvalue weighted by atomic mass is 10.1. The molecule has 0 aromatic carbocycles. The van der Waals surface area contributed by atoms with Gasteiger partial charge in [-0.25, -0.2) is 4.98 Å². The quantitative estimate of drug-likeness (QED) is 0.820. The van der Waals surface area contributed by atoms with E-state index in [0.717, 1.165) is 6.54 Å². The molecular weight excluding hydrogens is 305 g/mol. The first kappa shape index (κ1) is 14.4. The maximum absolute atomic E-state index is 11.8. The summed E-state index contributed by atoms with van der Waals surface area (Å²) >= 11 is 9.02. The molecule has 0 bridgehead atoms. The van der Waals surface area contributed by atoms with Crippen molar-refractivity contribution in [1.29, 1.82) is 0 Å². The van der Waals surface area contributed by atoms with Crippen molar-refractivity contribution in [2.24, 2.45) is 5.92 Å². The van der Waals surface area contributed by atoms with Crippen molar-refractivity contribution >= 4 is 39.1 Å². The number of amides is 1. The monoisotopic (exact) mass is 319 g/mol. The highest BCUT2D eigenvalue weighted by Gasteiger charge is 2.12. The van der Waals surface area contributed by atoms with Crippen molar-refractivity contribution in [1.82, 2.24) is 10.3 Å². The van der Waals surface area contributed by atoms with Gasteiger partial charge in [-0.05, 0) is 28.5 Å². The summed E-state index contributed by atoms with van der Waals surface area (Å²) < 4.78 is 0.663. The molecule has 1 rings (SSSR count). The molecule has 0 aliphatic heterocycles. The molecule has 0 saturated carbocycles. The maximum atomic E-state index is 11.8. The van der Waals surface area contributed by atoms with Crippen LogP contribution >= 0.6 is 27.5 Å². The first-order chi connectivity index (χ1) is 8.04. The highest BCUT2D eigenvalue weighted by Crippen LogP contribution is 2.23. The van der Waals surface area contributed by atoms with Gasteiger partial charge in [0.05, 0.1) is 16.4 Å². The molecule has 0 fully saturated rings. The van der Waals surface area contributed by atoms with Crippen LogP contribution in [0.4, 0.5) is 5.69 Å². The lowest BCUT2D eigenvalue weighted by Gasteiger charge is -2.12. The number of aromatic nitrogens is 1. The minimum Gasteiger partial charge on any atom is -0.324 e. The Hall–Kier alpha value is -0.650. The zero-order chi connectivity index (χ0) is 12.8. The Kier molecular flexibility index (Phi) is 5.88. The summed E-state index contributed by atoms with van der Waals surface area (Å²) in [7, 11) is 0. The number of carbonyl (C=O) groups is 1. The Balaban J connectivity index is 2.58. The molecule has 1 unspecified atom stereocenters. The molecule has 0 spiro atoms. The van der Waals surface area contributed by atoms with Crippen LogP contribution in [0.3, 0.4) is 0 Å². The molecule has 0 saturated heterocycles. The zero-order valence-corrected chi connectivity index (χ0v) is 12.1. The summed E-state index contributed by atoms with van der Waals surface area (Å²) in [5, 5.41) is 6.30. The summed E-state index contributed by atoms with van der Waals surface area (Å²) in [5.74, 6) is -0.133. The van der Waals surface area contributed by atoms with Gasteiger partial charge in [0.2, 0.25) is 5.91 Å². The average molecular weight is 321 g/mol. The third-order valence-corrected chi connectivity index (χ3v) is 3.35. The van der Waals surface area contributed by atoms with Gasteiger partial charge in [-0.15, -0.1) is 0 Å². The Morgan fingerprint density at radius 3 is 2.94 bits per heavy atom. The average Bonchev–Trinajstić information content (AvgIpc) is 2.30. The van der Waals surface area contributed by atoms with Crippen LogP contribution in [0.15, 0.2) is 16.7 Å². The molecule has 4 nitrogen and oxygen atoms in total. The second kappa shape index (κ2) is 6.93. The second-order valence-corrected chi connectivity index (χ2v) is 4.91. The van der Waals surface area contributed by atoms with Gasteiger partial charge < -0.3 is 10.6 Å². The summed E-state index contributed by atoms with van der Waals surface area (Å²) in [6.45, 7) is 5.39. The van der Waals surface area contributed by atoms with Crippen LogP contribution in [0.25, 0.3) is 0 Å². The number of carbonyl (C=O) groups excluding carboxylic acids is 1. The number of nitrogens with zero attached hydrogens (tertiary/aromatic N) is 1. The van der Waals surface area contributed by atoms with Gasteiger partial charge in [-0.2, -0.15) is 0 Å². The molecule has 1 aromatic rings. The number of nitrogens with one attached hydrogen (secondary N) is 2. The van der Waals surface area contributed by atoms with E-state index < -0.39 is 0 Å². The van der Waals surface area contributed by atoms with Gasteiger partial charge in [0.15, 0.2) is 0 Å². The first-order valence-corrected chi connectivity index (χ1v) is 6.54. The van der Waals surface area contributed by atoms with E-state index in [0.29, 0.717) is 21.9 Å². The van der Waals surface area contributed by atoms with Crippen LogP contribution < -0.4 is 10.6 Å². The van der Waals surface area contributed by atoms with E-state index in [2.05, 4.69) is 31.5 Å². The lowest BCUT2D eigenvalue weighted by Crippen LogP contribution is -2.30. The van der Waals surface area contributed by atoms with E-state index in [1.807, 2.05) is 13.8 Å². The van der Waals surface area contributed by atoms with E-state index in [4.69, 9.17) is 11.6 Å². The van der Waals surface area contributed by atoms with E-state index in [1.165, 1.54) is 6.20 Å². The summed E-state index contributed by atoms with van der Waals surface area (Å²) in [6, 6.07) is 1.73. The molecule has 1 atom stereocenters. The largest absolute Gasteiger partial charge is 0.324 e. The van der Waals surface area contributed by atoms with Crippen molar-refractivity contribution in [3.8, 4) is 0 Å². The normalized spacial score (nSPS) is 12.2. The number of anilines is 1. The topological polar surface area (TPSA) is 54.0 Å². The number of halogens is 2. The predicted molar refractivity (Wildman–Crippen MR) is 73.3 cm³/mol. The molecule has 1 heterocycles. The van der Waals surface area contributed by atoms with Gasteiger partial charge in [0, 0.05) is 12.5 Å². The Morgan fingerprint density at radius 2 is 2.35 bits per heavy atom. The van der Waals surface area contributed by atoms with Gasteiger partial charge in [-0.1, -0.05) is 25.4 Å². The maximum Gasteiger partial charge on any atom is 0.228 e. The molecule has 94 valence electrons. The fraction of sp³-hybridized carbons (Fsp3) is 0.455. The number of hydrogen-bond donors (Lipinski definition) is 2. The van der Waals surface area contributed by atoms with Crippen LogP contribution in [-0.2, 0) is 4.79 Å². The van der Waals surface area contributed by atoms with Gasteiger partial charge >= 0.3 is 0 Å². The van der Waals surface area contributed by atoms with Crippen LogP contribution in [-0.4, -0.2) is 24.0 Å². The van der Waals surface area contributed by atoms with Gasteiger partial charge in [0.25, 0.3) is 0 Å². The van der Waals surface area contributed by atoms with Crippen molar-refractivity contribution in [2.45, 2.75) is 13.8 Å². The Bertz CT molecular complexity index is 400. The minimum absolute atomic E-state index is 0.0398. The van der Waals surface area contributed by atoms with E-state index in [1.54, 1.807) is 6.07 Å². The minimum atomic E-state index is -0.0931. The van der Waals surface area contributed by atoms with Crippen LogP contribution in [0.2, 0.25) is 5.15 Å². The van der Waals surface area contributed by atoms with E-state index in [-0.39, 0.29) is 11.8 Å². The third kappa shape index (κ3) is 4.61. The summed E-state index contributed by atoms with van der Waals surface area (Å²) in [6.07, 6.45) is 1.53. The van der Waals surface area contributed by atoms with Gasteiger partial charge in [-0.3, -0.25) is 4.79 Å². The van der Waals surface area contributed by atoms with Gasteiger partial charge in [0.1, 0.15) is 5.15 Å². The molecule has 1 aromatic heterocycles. The Labute approximate surface area is 114 Å². The number of hydrogen-bond acceptors (Lipinski definition) is 3. The molecule has 0 aliphatic rings. The highest BCUT2D eigenvalue weighted by molar-refractivity contribution is 9.10. The van der Waals surface area contributed by atoms with E-state index in [9.17, 15) is 4.79 Å². The molecule has 0 radical (unpaired) electrons. The fourth-order valence-corrected chi connectivity index (χ4v) is 1.66. The molecule has 0 aliphatic carbocycles. The summed E-state index contributed by atoms with van der Waals surface area (Å²) in [4.78, 5) is 15.7. The first-order valence-electron chi connectivity index (χ1n) is 5.37. The molecular formula is C11H15BrClN3O. The predicted octanol–water partition coefficient (Wildman–Crippen LogP) is 2.68. The molecule has 6 heteroatoms. The smallest absolute Gasteiger partial charge is 0.228 e. The summed E-state index contributed by atoms with van der Waals surface area (Å²) in [5.41, 5.74) is 0.634. The van der Waals surface area contributed by atoms with Crippen LogP contribution in [0, 0.1) is 5.92 Å². The van der Waals surface area contributed by atoms with Crippen molar-refractivity contribution in [2.75, 3.05) is 18.4 Å². The van der Waals surface area contributed by atoms with E-state index >= 15 is 0 Å². The Morgan fingerprint density at radius 1 is 1.65 bits per heavy atom. The third-order valence-electron chi connectivity index (χ3n) is 2.21. The van der Waals surface area contributed by atoms with Crippen molar-refractivity contribution in [3.63, 3.8) is 0 Å². The number of pyridine rings is 1.